The smallest absolute Gasteiger partial charge is 0.407 e. The molecule has 2 unspecified atom stereocenters. The topological polar surface area (TPSA) is 89.9 Å². The van der Waals surface area contributed by atoms with Gasteiger partial charge in [-0.2, -0.15) is 0 Å². The lowest BCUT2D eigenvalue weighted by Gasteiger charge is -2.22. The lowest BCUT2D eigenvalue weighted by atomic mass is 10.0. The number of carboxylic acid groups (broad SMARTS) is 2. The molecule has 0 aromatic rings. The molecule has 104 valence electrons. The number of nitrogens with one attached hydrogen (secondary N) is 1. The van der Waals surface area contributed by atoms with Gasteiger partial charge in [-0.1, -0.05) is 6.92 Å². The van der Waals surface area contributed by atoms with Crippen LogP contribution in [0.1, 0.15) is 32.6 Å². The molecule has 6 nitrogen and oxygen atoms in total. The second kappa shape index (κ2) is 7.20. The summed E-state index contributed by atoms with van der Waals surface area (Å²) in [6, 6.07) is 0.0669. The summed E-state index contributed by atoms with van der Waals surface area (Å²) in [5.74, 6) is -0.621. The van der Waals surface area contributed by atoms with Gasteiger partial charge in [-0.3, -0.25) is 4.79 Å². The first-order valence-corrected chi connectivity index (χ1v) is 6.42. The normalized spacial score (nSPS) is 20.9. The lowest BCUT2D eigenvalue weighted by Crippen LogP contribution is -2.41. The van der Waals surface area contributed by atoms with Crippen molar-refractivity contribution in [3.8, 4) is 0 Å². The van der Waals surface area contributed by atoms with Gasteiger partial charge in [-0.15, -0.1) is 0 Å². The van der Waals surface area contributed by atoms with Gasteiger partial charge >= 0.3 is 12.1 Å². The van der Waals surface area contributed by atoms with Crippen LogP contribution in [0.25, 0.3) is 0 Å². The molecule has 2 atom stereocenters. The van der Waals surface area contributed by atoms with Gasteiger partial charge in [-0.25, -0.2) is 4.79 Å². The quantitative estimate of drug-likeness (QED) is 0.597. The average molecular weight is 258 g/mol. The van der Waals surface area contributed by atoms with E-state index >= 15 is 0 Å². The van der Waals surface area contributed by atoms with Crippen molar-refractivity contribution in [1.82, 2.24) is 10.2 Å². The van der Waals surface area contributed by atoms with Crippen LogP contribution in [0, 0.1) is 5.92 Å². The summed E-state index contributed by atoms with van der Waals surface area (Å²) in [6.07, 6.45) is 1.97. The van der Waals surface area contributed by atoms with E-state index in [1.54, 1.807) is 0 Å². The molecule has 1 aliphatic heterocycles. The third-order valence-electron chi connectivity index (χ3n) is 3.34. The van der Waals surface area contributed by atoms with Crippen molar-refractivity contribution in [2.24, 2.45) is 5.92 Å². The number of amides is 1. The van der Waals surface area contributed by atoms with E-state index in [-0.39, 0.29) is 18.4 Å². The number of hydrogen-bond donors (Lipinski definition) is 3. The predicted octanol–water partition coefficient (Wildman–Crippen LogP) is 1.22. The molecule has 1 aliphatic rings. The van der Waals surface area contributed by atoms with Crippen molar-refractivity contribution < 1.29 is 19.8 Å². The van der Waals surface area contributed by atoms with Crippen molar-refractivity contribution >= 4 is 12.1 Å². The van der Waals surface area contributed by atoms with Crippen molar-refractivity contribution in [1.29, 1.82) is 0 Å². The van der Waals surface area contributed by atoms with E-state index < -0.39 is 12.1 Å². The Bertz CT molecular complexity index is 296. The minimum absolute atomic E-state index is 0.0669. The summed E-state index contributed by atoms with van der Waals surface area (Å²) in [6.45, 7) is 3.93. The molecule has 6 heteroatoms. The van der Waals surface area contributed by atoms with E-state index in [9.17, 15) is 9.59 Å². The van der Waals surface area contributed by atoms with Gasteiger partial charge in [0, 0.05) is 25.6 Å². The number of aliphatic carboxylic acids is 1. The highest BCUT2D eigenvalue weighted by Crippen LogP contribution is 2.16. The number of likely N-dealkylation sites (tertiary alicyclic amines) is 1. The number of rotatable bonds is 7. The maximum atomic E-state index is 10.9. The molecule has 0 bridgehead atoms. The van der Waals surface area contributed by atoms with Crippen molar-refractivity contribution in [3.63, 3.8) is 0 Å². The first-order valence-electron chi connectivity index (χ1n) is 6.42. The molecular weight excluding hydrogens is 236 g/mol. The minimum atomic E-state index is -0.849. The maximum Gasteiger partial charge on any atom is 0.407 e. The Morgan fingerprint density at radius 2 is 2.17 bits per heavy atom. The number of hydrogen-bond acceptors (Lipinski definition) is 3. The Morgan fingerprint density at radius 3 is 2.78 bits per heavy atom. The van der Waals surface area contributed by atoms with Crippen LogP contribution in [0.5, 0.6) is 0 Å². The van der Waals surface area contributed by atoms with E-state index in [1.807, 2.05) is 6.92 Å². The zero-order chi connectivity index (χ0) is 13.5. The number of carbonyl (C=O) groups is 2. The van der Waals surface area contributed by atoms with Gasteiger partial charge in [0.25, 0.3) is 0 Å². The van der Waals surface area contributed by atoms with Crippen LogP contribution in [-0.4, -0.2) is 52.9 Å². The van der Waals surface area contributed by atoms with Gasteiger partial charge < -0.3 is 20.4 Å². The van der Waals surface area contributed by atoms with Crippen molar-refractivity contribution in [3.05, 3.63) is 0 Å². The zero-order valence-electron chi connectivity index (χ0n) is 10.8. The molecule has 1 fully saturated rings. The molecule has 0 aromatic carbocycles. The summed E-state index contributed by atoms with van der Waals surface area (Å²) >= 11 is 0. The number of nitrogens with zero attached hydrogens (tertiary/aromatic N) is 1. The van der Waals surface area contributed by atoms with E-state index in [0.717, 1.165) is 25.8 Å². The predicted molar refractivity (Wildman–Crippen MR) is 66.7 cm³/mol. The average Bonchev–Trinajstić information content (AvgIpc) is 2.71. The molecule has 0 radical (unpaired) electrons. The fraction of sp³-hybridized carbons (Fsp3) is 0.833. The molecule has 3 N–H and O–H groups in total. The largest absolute Gasteiger partial charge is 0.481 e. The molecule has 1 amide bonds. The Balaban J connectivity index is 2.14. The van der Waals surface area contributed by atoms with Crippen LogP contribution in [0.2, 0.25) is 0 Å². The van der Waals surface area contributed by atoms with E-state index in [0.29, 0.717) is 13.1 Å². The summed E-state index contributed by atoms with van der Waals surface area (Å²) in [7, 11) is 0. The molecule has 1 heterocycles. The Kier molecular flexibility index (Phi) is 5.91. The second-order valence-corrected chi connectivity index (χ2v) is 4.97. The molecule has 0 spiro atoms. The van der Waals surface area contributed by atoms with Crippen LogP contribution < -0.4 is 5.32 Å². The van der Waals surface area contributed by atoms with Gasteiger partial charge in [-0.05, 0) is 31.7 Å². The van der Waals surface area contributed by atoms with Crippen molar-refractivity contribution in [2.45, 2.75) is 38.6 Å². The highest BCUT2D eigenvalue weighted by Gasteiger charge is 2.27. The maximum absolute atomic E-state index is 10.9. The summed E-state index contributed by atoms with van der Waals surface area (Å²) in [5.41, 5.74) is 0. The Morgan fingerprint density at radius 1 is 1.44 bits per heavy atom. The second-order valence-electron chi connectivity index (χ2n) is 4.97. The third kappa shape index (κ3) is 4.91. The van der Waals surface area contributed by atoms with Gasteiger partial charge in [0.2, 0.25) is 0 Å². The summed E-state index contributed by atoms with van der Waals surface area (Å²) in [5, 5.41) is 20.8. The van der Waals surface area contributed by atoms with Crippen LogP contribution >= 0.6 is 0 Å². The first-order chi connectivity index (χ1) is 8.50. The monoisotopic (exact) mass is 258 g/mol. The van der Waals surface area contributed by atoms with Gasteiger partial charge in [0.15, 0.2) is 0 Å². The third-order valence-corrected chi connectivity index (χ3v) is 3.34. The molecular formula is C12H22N2O4. The molecule has 0 aliphatic carbocycles. The standard InChI is InChI=1S/C12H22N2O4/c1-9(7-11(15)16)4-5-13-8-10-3-2-6-14(10)12(17)18/h9-10,13H,2-8H2,1H3,(H,15,16)(H,17,18). The molecule has 1 rings (SSSR count). The fourth-order valence-corrected chi connectivity index (χ4v) is 2.32. The van der Waals surface area contributed by atoms with Crippen LogP contribution in [0.4, 0.5) is 4.79 Å². The fourth-order valence-electron chi connectivity index (χ4n) is 2.32. The highest BCUT2D eigenvalue weighted by molar-refractivity contribution is 5.67. The Labute approximate surface area is 107 Å². The van der Waals surface area contributed by atoms with Crippen molar-refractivity contribution in [2.75, 3.05) is 19.6 Å². The Hall–Kier alpha value is -1.30. The zero-order valence-corrected chi connectivity index (χ0v) is 10.8. The van der Waals surface area contributed by atoms with E-state index in [2.05, 4.69) is 5.32 Å². The number of carboxylic acids is 1. The molecule has 0 saturated carbocycles. The van der Waals surface area contributed by atoms with E-state index in [4.69, 9.17) is 10.2 Å². The lowest BCUT2D eigenvalue weighted by molar-refractivity contribution is -0.138. The first kappa shape index (κ1) is 14.8. The highest BCUT2D eigenvalue weighted by atomic mass is 16.4. The van der Waals surface area contributed by atoms with Gasteiger partial charge in [0.1, 0.15) is 0 Å². The van der Waals surface area contributed by atoms with Crippen LogP contribution in [-0.2, 0) is 4.79 Å². The van der Waals surface area contributed by atoms with Crippen LogP contribution in [0.15, 0.2) is 0 Å². The minimum Gasteiger partial charge on any atom is -0.481 e. The summed E-state index contributed by atoms with van der Waals surface area (Å²) < 4.78 is 0. The summed E-state index contributed by atoms with van der Waals surface area (Å²) in [4.78, 5) is 22.9. The van der Waals surface area contributed by atoms with E-state index in [1.165, 1.54) is 4.90 Å². The van der Waals surface area contributed by atoms with Crippen LogP contribution in [0.3, 0.4) is 0 Å². The molecule has 18 heavy (non-hydrogen) atoms. The molecule has 0 aromatic heterocycles. The SMILES string of the molecule is CC(CCNCC1CCCN1C(=O)O)CC(=O)O. The molecule has 1 saturated heterocycles. The van der Waals surface area contributed by atoms with Gasteiger partial charge in [0.05, 0.1) is 0 Å².